The van der Waals surface area contributed by atoms with Gasteiger partial charge in [-0.05, 0) is 31.8 Å². The van der Waals surface area contributed by atoms with Gasteiger partial charge in [-0.1, -0.05) is 5.92 Å². The van der Waals surface area contributed by atoms with Crippen LogP contribution in [0.25, 0.3) is 0 Å². The summed E-state index contributed by atoms with van der Waals surface area (Å²) in [6.07, 6.45) is 8.29. The minimum Gasteiger partial charge on any atom is -0.317 e. The lowest BCUT2D eigenvalue weighted by atomic mass is 9.92. The third-order valence-electron chi connectivity index (χ3n) is 2.27. The van der Waals surface area contributed by atoms with Crippen LogP contribution in [0.4, 0.5) is 0 Å². The Morgan fingerprint density at radius 1 is 1.50 bits per heavy atom. The van der Waals surface area contributed by atoms with Gasteiger partial charge in [0.2, 0.25) is 0 Å². The fourth-order valence-corrected chi connectivity index (χ4v) is 1.59. The number of carbonyl (C=O) groups is 1. The van der Waals surface area contributed by atoms with Crippen molar-refractivity contribution in [1.82, 2.24) is 5.32 Å². The number of carbonyl (C=O) groups excluding carboxylic acids is 1. The lowest BCUT2D eigenvalue weighted by Crippen LogP contribution is -2.28. The van der Waals surface area contributed by atoms with E-state index in [0.29, 0.717) is 18.8 Å². The van der Waals surface area contributed by atoms with Crippen molar-refractivity contribution in [2.75, 3.05) is 13.1 Å². The summed E-state index contributed by atoms with van der Waals surface area (Å²) in [7, 11) is 0. The Kier molecular flexibility index (Phi) is 3.83. The molecule has 1 saturated heterocycles. The predicted octanol–water partition coefficient (Wildman–Crippen LogP) is 0.969. The lowest BCUT2D eigenvalue weighted by molar-refractivity contribution is -0.119. The second-order valence-corrected chi connectivity index (χ2v) is 3.32. The van der Waals surface area contributed by atoms with E-state index in [0.717, 1.165) is 25.9 Å². The van der Waals surface area contributed by atoms with Crippen molar-refractivity contribution < 1.29 is 4.79 Å². The van der Waals surface area contributed by atoms with Crippen molar-refractivity contribution in [2.45, 2.75) is 25.7 Å². The van der Waals surface area contributed by atoms with Gasteiger partial charge in [0.15, 0.2) is 0 Å². The van der Waals surface area contributed by atoms with E-state index < -0.39 is 0 Å². The molecule has 1 heterocycles. The van der Waals surface area contributed by atoms with E-state index in [9.17, 15) is 4.79 Å². The molecule has 1 fully saturated rings. The zero-order chi connectivity index (χ0) is 8.81. The highest BCUT2D eigenvalue weighted by Gasteiger charge is 2.15. The first kappa shape index (κ1) is 9.28. The molecule has 1 aliphatic heterocycles. The number of terminal acetylenes is 1. The SMILES string of the molecule is C#CCC(=O)CC1CCNCC1. The van der Waals surface area contributed by atoms with Gasteiger partial charge >= 0.3 is 0 Å². The standard InChI is InChI=1S/C10H15NO/c1-2-3-10(12)8-9-4-6-11-7-5-9/h1,9,11H,3-8H2. The Morgan fingerprint density at radius 3 is 2.75 bits per heavy atom. The fraction of sp³-hybridized carbons (Fsp3) is 0.700. The van der Waals surface area contributed by atoms with Crippen LogP contribution >= 0.6 is 0 Å². The molecule has 0 amide bonds. The van der Waals surface area contributed by atoms with Gasteiger partial charge in [0.25, 0.3) is 0 Å². The maximum Gasteiger partial charge on any atom is 0.145 e. The largest absolute Gasteiger partial charge is 0.317 e. The van der Waals surface area contributed by atoms with Gasteiger partial charge in [-0.2, -0.15) is 0 Å². The van der Waals surface area contributed by atoms with Crippen molar-refractivity contribution in [3.8, 4) is 12.3 Å². The average molecular weight is 165 g/mol. The Morgan fingerprint density at radius 2 is 2.17 bits per heavy atom. The van der Waals surface area contributed by atoms with E-state index in [1.165, 1.54) is 0 Å². The van der Waals surface area contributed by atoms with E-state index in [2.05, 4.69) is 11.2 Å². The molecule has 0 spiro atoms. The van der Waals surface area contributed by atoms with Crippen LogP contribution < -0.4 is 5.32 Å². The number of Topliss-reactive ketones (excluding diaryl/α,β-unsaturated/α-hetero) is 1. The molecular formula is C10H15NO. The highest BCUT2D eigenvalue weighted by atomic mass is 16.1. The molecule has 2 nitrogen and oxygen atoms in total. The third kappa shape index (κ3) is 3.06. The van der Waals surface area contributed by atoms with Gasteiger partial charge < -0.3 is 5.32 Å². The molecule has 1 N–H and O–H groups in total. The molecule has 0 atom stereocenters. The number of piperidine rings is 1. The van der Waals surface area contributed by atoms with Crippen LogP contribution in [0, 0.1) is 18.3 Å². The summed E-state index contributed by atoms with van der Waals surface area (Å²) >= 11 is 0. The van der Waals surface area contributed by atoms with Crippen molar-refractivity contribution in [2.24, 2.45) is 5.92 Å². The van der Waals surface area contributed by atoms with Crippen molar-refractivity contribution >= 4 is 5.78 Å². The first-order valence-corrected chi connectivity index (χ1v) is 4.49. The number of hydrogen-bond donors (Lipinski definition) is 1. The Balaban J connectivity index is 2.21. The minimum atomic E-state index is 0.226. The summed E-state index contributed by atoms with van der Waals surface area (Å²) in [6, 6.07) is 0. The summed E-state index contributed by atoms with van der Waals surface area (Å²) in [5.74, 6) is 3.19. The van der Waals surface area contributed by atoms with Crippen LogP contribution in [0.15, 0.2) is 0 Å². The molecule has 1 rings (SSSR count). The first-order valence-electron chi connectivity index (χ1n) is 4.49. The molecule has 66 valence electrons. The molecule has 0 bridgehead atoms. The molecule has 0 aromatic heterocycles. The van der Waals surface area contributed by atoms with Crippen LogP contribution in [0.1, 0.15) is 25.7 Å². The number of rotatable bonds is 3. The average Bonchev–Trinajstić information content (AvgIpc) is 2.06. The lowest BCUT2D eigenvalue weighted by Gasteiger charge is -2.21. The molecule has 0 saturated carbocycles. The fourth-order valence-electron chi connectivity index (χ4n) is 1.59. The molecule has 0 aromatic carbocycles. The summed E-state index contributed by atoms with van der Waals surface area (Å²) in [4.78, 5) is 11.1. The van der Waals surface area contributed by atoms with E-state index in [1.54, 1.807) is 0 Å². The quantitative estimate of drug-likeness (QED) is 0.631. The third-order valence-corrected chi connectivity index (χ3v) is 2.27. The first-order chi connectivity index (χ1) is 5.83. The van der Waals surface area contributed by atoms with Crippen molar-refractivity contribution in [3.63, 3.8) is 0 Å². The van der Waals surface area contributed by atoms with Crippen LogP contribution in [-0.2, 0) is 4.79 Å². The molecular weight excluding hydrogens is 150 g/mol. The monoisotopic (exact) mass is 165 g/mol. The smallest absolute Gasteiger partial charge is 0.145 e. The predicted molar refractivity (Wildman–Crippen MR) is 48.7 cm³/mol. The second kappa shape index (κ2) is 4.95. The molecule has 0 aliphatic carbocycles. The summed E-state index contributed by atoms with van der Waals surface area (Å²) in [5, 5.41) is 3.27. The molecule has 2 heteroatoms. The van der Waals surface area contributed by atoms with Crippen molar-refractivity contribution in [3.05, 3.63) is 0 Å². The highest BCUT2D eigenvalue weighted by Crippen LogP contribution is 2.16. The zero-order valence-electron chi connectivity index (χ0n) is 7.31. The van der Waals surface area contributed by atoms with Gasteiger partial charge in [-0.25, -0.2) is 0 Å². The summed E-state index contributed by atoms with van der Waals surface area (Å²) in [6.45, 7) is 2.10. The Hall–Kier alpha value is -0.810. The number of hydrogen-bond acceptors (Lipinski definition) is 2. The second-order valence-electron chi connectivity index (χ2n) is 3.32. The molecule has 0 radical (unpaired) electrons. The van der Waals surface area contributed by atoms with Crippen LogP contribution in [0.3, 0.4) is 0 Å². The number of ketones is 1. The van der Waals surface area contributed by atoms with Crippen LogP contribution in [-0.4, -0.2) is 18.9 Å². The van der Waals surface area contributed by atoms with E-state index >= 15 is 0 Å². The molecule has 0 aromatic rings. The summed E-state index contributed by atoms with van der Waals surface area (Å²) < 4.78 is 0. The molecule has 0 unspecified atom stereocenters. The topological polar surface area (TPSA) is 29.1 Å². The van der Waals surface area contributed by atoms with E-state index in [4.69, 9.17) is 6.42 Å². The van der Waals surface area contributed by atoms with Gasteiger partial charge in [0.05, 0.1) is 6.42 Å². The Labute approximate surface area is 73.7 Å². The van der Waals surface area contributed by atoms with Gasteiger partial charge in [0.1, 0.15) is 5.78 Å². The van der Waals surface area contributed by atoms with Gasteiger partial charge in [-0.15, -0.1) is 6.42 Å². The van der Waals surface area contributed by atoms with Gasteiger partial charge in [0, 0.05) is 6.42 Å². The zero-order valence-corrected chi connectivity index (χ0v) is 7.31. The minimum absolute atomic E-state index is 0.226. The number of nitrogens with one attached hydrogen (secondary N) is 1. The molecule has 1 aliphatic rings. The van der Waals surface area contributed by atoms with Crippen molar-refractivity contribution in [1.29, 1.82) is 0 Å². The van der Waals surface area contributed by atoms with Gasteiger partial charge in [-0.3, -0.25) is 4.79 Å². The van der Waals surface area contributed by atoms with E-state index in [-0.39, 0.29) is 5.78 Å². The Bertz CT molecular complexity index is 187. The summed E-state index contributed by atoms with van der Waals surface area (Å²) in [5.41, 5.74) is 0. The van der Waals surface area contributed by atoms with Crippen LogP contribution in [0.2, 0.25) is 0 Å². The normalized spacial score (nSPS) is 18.6. The van der Waals surface area contributed by atoms with E-state index in [1.807, 2.05) is 0 Å². The highest BCUT2D eigenvalue weighted by molar-refractivity contribution is 5.80. The maximum absolute atomic E-state index is 11.1. The maximum atomic E-state index is 11.1. The van der Waals surface area contributed by atoms with Crippen LogP contribution in [0.5, 0.6) is 0 Å². The molecule has 12 heavy (non-hydrogen) atoms.